The van der Waals surface area contributed by atoms with Crippen LogP contribution in [0.5, 0.6) is 0 Å². The number of rotatable bonds is 3. The molecule has 0 amide bonds. The van der Waals surface area contributed by atoms with Gasteiger partial charge in [-0.05, 0) is 31.8 Å². The van der Waals surface area contributed by atoms with Gasteiger partial charge in [-0.2, -0.15) is 0 Å². The molecule has 0 aromatic carbocycles. The fourth-order valence-corrected chi connectivity index (χ4v) is 2.42. The molecular weight excluding hydrogens is 214 g/mol. The summed E-state index contributed by atoms with van der Waals surface area (Å²) >= 11 is 0. The van der Waals surface area contributed by atoms with Crippen LogP contribution in [0, 0.1) is 0 Å². The van der Waals surface area contributed by atoms with Gasteiger partial charge in [0, 0.05) is 6.04 Å². The lowest BCUT2D eigenvalue weighted by molar-refractivity contribution is 0.131. The maximum Gasteiger partial charge on any atom is 0.188 e. The number of hydrogen-bond acceptors (Lipinski definition) is 2. The molecule has 2 rings (SSSR count). The Kier molecular flexibility index (Phi) is 4.71. The van der Waals surface area contributed by atoms with E-state index in [4.69, 9.17) is 10.5 Å². The highest BCUT2D eigenvalue weighted by Crippen LogP contribution is 2.17. The fraction of sp³-hybridized carbons (Fsp3) is 0.769. The number of nitrogens with two attached hydrogens (primary N) is 1. The first-order valence-electron chi connectivity index (χ1n) is 6.71. The largest absolute Gasteiger partial charge is 0.496 e. The quantitative estimate of drug-likeness (QED) is 0.582. The zero-order valence-corrected chi connectivity index (χ0v) is 10.4. The van der Waals surface area contributed by atoms with Gasteiger partial charge in [0.1, 0.15) is 6.10 Å². The summed E-state index contributed by atoms with van der Waals surface area (Å²) in [4.78, 5) is 4.37. The van der Waals surface area contributed by atoms with Crippen molar-refractivity contribution in [1.82, 2.24) is 5.32 Å². The third kappa shape index (κ3) is 4.29. The number of hydrogen-bond donors (Lipinski definition) is 2. The van der Waals surface area contributed by atoms with Gasteiger partial charge in [-0.15, -0.1) is 0 Å². The molecule has 0 radical (unpaired) electrons. The molecular formula is C13H23N3O. The third-order valence-corrected chi connectivity index (χ3v) is 3.44. The van der Waals surface area contributed by atoms with Crippen LogP contribution in [0.3, 0.4) is 0 Å². The molecule has 1 aliphatic carbocycles. The summed E-state index contributed by atoms with van der Waals surface area (Å²) in [5.74, 6) is 0.579. The second kappa shape index (κ2) is 6.52. The summed E-state index contributed by atoms with van der Waals surface area (Å²) < 4.78 is 5.45. The zero-order valence-electron chi connectivity index (χ0n) is 10.4. The lowest BCUT2D eigenvalue weighted by Crippen LogP contribution is -2.41. The van der Waals surface area contributed by atoms with Gasteiger partial charge in [0.05, 0.1) is 12.8 Å². The molecule has 1 fully saturated rings. The maximum absolute atomic E-state index is 5.89. The Morgan fingerprint density at radius 1 is 1.29 bits per heavy atom. The molecule has 1 heterocycles. The molecule has 2 aliphatic rings. The van der Waals surface area contributed by atoms with E-state index in [0.29, 0.717) is 18.5 Å². The van der Waals surface area contributed by atoms with Crippen molar-refractivity contribution in [3.63, 3.8) is 0 Å². The number of allylic oxidation sites excluding steroid dienone is 1. The van der Waals surface area contributed by atoms with Crippen molar-refractivity contribution in [3.8, 4) is 0 Å². The van der Waals surface area contributed by atoms with Gasteiger partial charge in [0.25, 0.3) is 0 Å². The highest BCUT2D eigenvalue weighted by atomic mass is 16.5. The number of aliphatic imine (C=N–C) groups is 1. The van der Waals surface area contributed by atoms with Crippen LogP contribution in [-0.2, 0) is 4.74 Å². The van der Waals surface area contributed by atoms with Gasteiger partial charge in [-0.25, -0.2) is 4.99 Å². The molecule has 1 unspecified atom stereocenters. The number of nitrogens with zero attached hydrogens (tertiary/aromatic N) is 1. The molecule has 17 heavy (non-hydrogen) atoms. The van der Waals surface area contributed by atoms with Crippen molar-refractivity contribution in [3.05, 3.63) is 12.3 Å². The summed E-state index contributed by atoms with van der Waals surface area (Å²) in [5, 5.41) is 3.31. The van der Waals surface area contributed by atoms with Gasteiger partial charge in [0.2, 0.25) is 0 Å². The van der Waals surface area contributed by atoms with Crippen molar-refractivity contribution in [2.24, 2.45) is 10.7 Å². The molecule has 0 spiro atoms. The lowest BCUT2D eigenvalue weighted by Gasteiger charge is -2.23. The monoisotopic (exact) mass is 237 g/mol. The first kappa shape index (κ1) is 12.3. The van der Waals surface area contributed by atoms with Crippen LogP contribution >= 0.6 is 0 Å². The summed E-state index contributed by atoms with van der Waals surface area (Å²) in [6, 6.07) is 0.527. The smallest absolute Gasteiger partial charge is 0.188 e. The average molecular weight is 237 g/mol. The second-order valence-corrected chi connectivity index (χ2v) is 4.91. The van der Waals surface area contributed by atoms with Crippen LogP contribution in [0.1, 0.15) is 44.9 Å². The predicted molar refractivity (Wildman–Crippen MR) is 69.7 cm³/mol. The topological polar surface area (TPSA) is 59.6 Å². The van der Waals surface area contributed by atoms with Gasteiger partial charge < -0.3 is 15.8 Å². The molecule has 1 atom stereocenters. The van der Waals surface area contributed by atoms with Crippen molar-refractivity contribution in [2.45, 2.75) is 57.1 Å². The van der Waals surface area contributed by atoms with E-state index >= 15 is 0 Å². The molecule has 3 N–H and O–H groups in total. The molecule has 1 saturated carbocycles. The van der Waals surface area contributed by atoms with Gasteiger partial charge in [-0.1, -0.05) is 19.3 Å². The van der Waals surface area contributed by atoms with Crippen molar-refractivity contribution in [2.75, 3.05) is 6.54 Å². The second-order valence-electron chi connectivity index (χ2n) is 4.91. The van der Waals surface area contributed by atoms with E-state index < -0.39 is 0 Å². The molecule has 0 saturated heterocycles. The van der Waals surface area contributed by atoms with E-state index in [1.54, 1.807) is 6.26 Å². The highest BCUT2D eigenvalue weighted by Gasteiger charge is 2.14. The molecule has 0 aromatic heterocycles. The zero-order chi connectivity index (χ0) is 11.9. The Labute approximate surface area is 103 Å². The average Bonchev–Trinajstić information content (AvgIpc) is 2.39. The fourth-order valence-electron chi connectivity index (χ4n) is 2.42. The van der Waals surface area contributed by atoms with Gasteiger partial charge in [-0.3, -0.25) is 0 Å². The molecule has 0 aromatic rings. The minimum Gasteiger partial charge on any atom is -0.496 e. The molecule has 1 aliphatic heterocycles. The summed E-state index contributed by atoms with van der Waals surface area (Å²) in [6.07, 6.45) is 12.6. The maximum atomic E-state index is 5.89. The molecule has 4 heteroatoms. The molecule has 96 valence electrons. The number of nitrogens with one attached hydrogen (secondary N) is 1. The lowest BCUT2D eigenvalue weighted by atomic mass is 9.96. The van der Waals surface area contributed by atoms with Crippen LogP contribution in [0.4, 0.5) is 0 Å². The van der Waals surface area contributed by atoms with E-state index in [0.717, 1.165) is 12.8 Å². The minimum atomic E-state index is 0.201. The Morgan fingerprint density at radius 3 is 2.82 bits per heavy atom. The Balaban J connectivity index is 1.70. The van der Waals surface area contributed by atoms with Crippen LogP contribution < -0.4 is 11.1 Å². The molecule has 0 bridgehead atoms. The normalized spacial score (nSPS) is 26.6. The van der Waals surface area contributed by atoms with E-state index in [9.17, 15) is 0 Å². The van der Waals surface area contributed by atoms with Gasteiger partial charge >= 0.3 is 0 Å². The first-order chi connectivity index (χ1) is 8.34. The predicted octanol–water partition coefficient (Wildman–Crippen LogP) is 1.92. The van der Waals surface area contributed by atoms with Crippen LogP contribution in [0.25, 0.3) is 0 Å². The van der Waals surface area contributed by atoms with Crippen LogP contribution in [0.15, 0.2) is 17.3 Å². The Hall–Kier alpha value is -1.19. The summed E-state index contributed by atoms with van der Waals surface area (Å²) in [6.45, 7) is 0.663. The number of guanidine groups is 1. The van der Waals surface area contributed by atoms with Crippen molar-refractivity contribution in [1.29, 1.82) is 0 Å². The van der Waals surface area contributed by atoms with Crippen LogP contribution in [0.2, 0.25) is 0 Å². The Morgan fingerprint density at radius 2 is 2.12 bits per heavy atom. The van der Waals surface area contributed by atoms with E-state index in [1.807, 2.05) is 6.08 Å². The summed E-state index contributed by atoms with van der Waals surface area (Å²) in [7, 11) is 0. The first-order valence-corrected chi connectivity index (χ1v) is 6.71. The Bertz CT molecular complexity index is 282. The summed E-state index contributed by atoms with van der Waals surface area (Å²) in [5.41, 5.74) is 5.89. The van der Waals surface area contributed by atoms with E-state index in [2.05, 4.69) is 10.3 Å². The standard InChI is InChI=1S/C13H23N3O/c14-13(16-11-6-2-1-3-7-11)15-10-12-8-4-5-9-17-12/h5,9,11-12H,1-4,6-8,10H2,(H3,14,15,16). The van der Waals surface area contributed by atoms with E-state index in [1.165, 1.54) is 32.1 Å². The SMILES string of the molecule is NC(=NCC1CCC=CO1)NC1CCCCC1. The highest BCUT2D eigenvalue weighted by molar-refractivity contribution is 5.78. The van der Waals surface area contributed by atoms with Crippen molar-refractivity contribution >= 4 is 5.96 Å². The third-order valence-electron chi connectivity index (χ3n) is 3.44. The minimum absolute atomic E-state index is 0.201. The molecule has 4 nitrogen and oxygen atoms in total. The number of ether oxygens (including phenoxy) is 1. The van der Waals surface area contributed by atoms with Crippen molar-refractivity contribution < 1.29 is 4.74 Å². The van der Waals surface area contributed by atoms with E-state index in [-0.39, 0.29) is 6.10 Å². The van der Waals surface area contributed by atoms with Crippen LogP contribution in [-0.4, -0.2) is 24.7 Å². The van der Waals surface area contributed by atoms with Gasteiger partial charge in [0.15, 0.2) is 5.96 Å².